The molecular weight excluding hydrogens is 380 g/mol. The number of hydrogen-bond donors (Lipinski definition) is 2. The molecule has 2 aliphatic heterocycles. The molecule has 2 saturated heterocycles. The number of aliphatic imine (C=N–C) groups is 1. The lowest BCUT2D eigenvalue weighted by molar-refractivity contribution is -0.140. The lowest BCUT2D eigenvalue weighted by Gasteiger charge is -2.57. The van der Waals surface area contributed by atoms with E-state index in [0.29, 0.717) is 31.2 Å². The minimum absolute atomic E-state index is 0.0291. The first-order valence-corrected chi connectivity index (χ1v) is 11.8. The Morgan fingerprint density at radius 1 is 1.20 bits per heavy atom. The zero-order valence-electron chi connectivity index (χ0n) is 17.7. The molecule has 3 saturated carbocycles. The molecule has 2 heterocycles. The molecule has 2 amide bonds. The molecule has 7 unspecified atom stereocenters. The van der Waals surface area contributed by atoms with Crippen LogP contribution in [0.15, 0.2) is 17.1 Å². The van der Waals surface area contributed by atoms with E-state index in [9.17, 15) is 9.59 Å². The van der Waals surface area contributed by atoms with E-state index >= 15 is 0 Å². The first kappa shape index (κ1) is 18.8. The minimum atomic E-state index is -0.110. The van der Waals surface area contributed by atoms with Crippen LogP contribution in [0.3, 0.4) is 0 Å². The zero-order chi connectivity index (χ0) is 20.5. The monoisotopic (exact) mass is 412 g/mol. The average molecular weight is 413 g/mol. The maximum atomic E-state index is 12.8. The van der Waals surface area contributed by atoms with Gasteiger partial charge in [0.15, 0.2) is 5.96 Å². The van der Waals surface area contributed by atoms with Crippen LogP contribution >= 0.6 is 0 Å². The third-order valence-electron chi connectivity index (χ3n) is 8.99. The van der Waals surface area contributed by atoms with Crippen molar-refractivity contribution in [1.29, 1.82) is 0 Å². The van der Waals surface area contributed by atoms with Crippen LogP contribution in [0.4, 0.5) is 0 Å². The van der Waals surface area contributed by atoms with E-state index in [2.05, 4.69) is 27.8 Å². The molecule has 5 fully saturated rings. The highest BCUT2D eigenvalue weighted by Gasteiger charge is 2.65. The summed E-state index contributed by atoms with van der Waals surface area (Å²) in [6.45, 7) is 1.82. The normalized spacial score (nSPS) is 42.8. The average Bonchev–Trinajstić information content (AvgIpc) is 3.55. The van der Waals surface area contributed by atoms with Crippen LogP contribution in [0.25, 0.3) is 0 Å². The largest absolute Gasteiger partial charge is 0.377 e. The van der Waals surface area contributed by atoms with Gasteiger partial charge >= 0.3 is 0 Å². The molecule has 0 aromatic carbocycles. The summed E-state index contributed by atoms with van der Waals surface area (Å²) in [5, 5.41) is 7.04. The number of rotatable bonds is 4. The number of guanidine groups is 1. The summed E-state index contributed by atoms with van der Waals surface area (Å²) < 4.78 is 6.08. The SMILES string of the molecule is CN=C(NCCN1C(=O)C2C3C=CC(C3)C2C1=O)NC1C2CCOC2C12CCCC2. The van der Waals surface area contributed by atoms with Gasteiger partial charge in [-0.05, 0) is 37.5 Å². The number of hydrogen-bond acceptors (Lipinski definition) is 4. The number of carbonyl (C=O) groups excluding carboxylic acids is 2. The van der Waals surface area contributed by atoms with Gasteiger partial charge in [0, 0.05) is 44.1 Å². The van der Waals surface area contributed by atoms with Gasteiger partial charge in [0.1, 0.15) is 0 Å². The Labute approximate surface area is 177 Å². The first-order chi connectivity index (χ1) is 14.6. The Morgan fingerprint density at radius 3 is 2.57 bits per heavy atom. The molecule has 6 rings (SSSR count). The van der Waals surface area contributed by atoms with Crippen molar-refractivity contribution in [3.63, 3.8) is 0 Å². The van der Waals surface area contributed by atoms with Crippen molar-refractivity contribution in [3.8, 4) is 0 Å². The van der Waals surface area contributed by atoms with Crippen LogP contribution in [0.2, 0.25) is 0 Å². The van der Waals surface area contributed by atoms with Gasteiger partial charge in [0.05, 0.1) is 17.9 Å². The molecule has 7 nitrogen and oxygen atoms in total. The topological polar surface area (TPSA) is 83.0 Å². The summed E-state index contributed by atoms with van der Waals surface area (Å²) in [7, 11) is 1.79. The lowest BCUT2D eigenvalue weighted by Crippen LogP contribution is -2.69. The summed E-state index contributed by atoms with van der Waals surface area (Å²) in [4.78, 5) is 31.6. The molecule has 2 bridgehead atoms. The predicted molar refractivity (Wildman–Crippen MR) is 111 cm³/mol. The van der Waals surface area contributed by atoms with Crippen LogP contribution in [-0.4, -0.2) is 61.6 Å². The molecule has 0 aromatic heterocycles. The molecule has 2 N–H and O–H groups in total. The van der Waals surface area contributed by atoms with Gasteiger partial charge in [0.2, 0.25) is 11.8 Å². The van der Waals surface area contributed by atoms with Gasteiger partial charge in [-0.2, -0.15) is 0 Å². The van der Waals surface area contributed by atoms with E-state index in [1.165, 1.54) is 30.6 Å². The van der Waals surface area contributed by atoms with E-state index in [4.69, 9.17) is 4.74 Å². The smallest absolute Gasteiger partial charge is 0.233 e. The number of imide groups is 1. The van der Waals surface area contributed by atoms with Gasteiger partial charge < -0.3 is 15.4 Å². The third kappa shape index (κ3) is 2.44. The van der Waals surface area contributed by atoms with E-state index < -0.39 is 0 Å². The maximum Gasteiger partial charge on any atom is 0.233 e. The Bertz CT molecular complexity index is 787. The summed E-state index contributed by atoms with van der Waals surface area (Å²) in [6.07, 6.45) is 11.8. The van der Waals surface area contributed by atoms with E-state index in [1.807, 2.05) is 0 Å². The van der Waals surface area contributed by atoms with Crippen molar-refractivity contribution in [2.24, 2.45) is 40.0 Å². The van der Waals surface area contributed by atoms with Gasteiger partial charge in [-0.1, -0.05) is 25.0 Å². The predicted octanol–water partition coefficient (Wildman–Crippen LogP) is 1.31. The Hall–Kier alpha value is -1.89. The fraction of sp³-hybridized carbons (Fsp3) is 0.783. The lowest BCUT2D eigenvalue weighted by atomic mass is 9.54. The standard InChI is InChI=1S/C23H32N4O3/c1-24-22(26-18-15-6-11-30-19(15)23(18)7-2-3-8-23)25-9-10-27-20(28)16-13-4-5-14(12-13)17(16)21(27)29/h4-5,13-19H,2-3,6-12H2,1H3,(H2,24,25,26). The quantitative estimate of drug-likeness (QED) is 0.315. The van der Waals surface area contributed by atoms with Gasteiger partial charge in [-0.15, -0.1) is 0 Å². The number of likely N-dealkylation sites (tertiary alicyclic amines) is 1. The zero-order valence-corrected chi connectivity index (χ0v) is 17.7. The fourth-order valence-corrected chi connectivity index (χ4v) is 7.72. The van der Waals surface area contributed by atoms with Gasteiger partial charge in [-0.3, -0.25) is 19.5 Å². The van der Waals surface area contributed by atoms with Crippen molar-refractivity contribution < 1.29 is 14.3 Å². The van der Waals surface area contributed by atoms with Crippen molar-refractivity contribution in [2.45, 2.75) is 50.7 Å². The van der Waals surface area contributed by atoms with E-state index in [0.717, 1.165) is 25.4 Å². The second kappa shape index (κ2) is 6.81. The molecule has 7 atom stereocenters. The van der Waals surface area contributed by atoms with Gasteiger partial charge in [-0.25, -0.2) is 0 Å². The molecule has 30 heavy (non-hydrogen) atoms. The Balaban J connectivity index is 1.06. The molecule has 6 aliphatic rings. The Morgan fingerprint density at radius 2 is 1.90 bits per heavy atom. The maximum absolute atomic E-state index is 12.8. The van der Waals surface area contributed by atoms with Crippen LogP contribution < -0.4 is 10.6 Å². The second-order valence-corrected chi connectivity index (χ2v) is 10.1. The molecule has 0 radical (unpaired) electrons. The van der Waals surface area contributed by atoms with Crippen LogP contribution in [-0.2, 0) is 14.3 Å². The number of amides is 2. The van der Waals surface area contributed by atoms with E-state index in [1.54, 1.807) is 7.05 Å². The highest BCUT2D eigenvalue weighted by molar-refractivity contribution is 6.06. The van der Waals surface area contributed by atoms with Crippen LogP contribution in [0.5, 0.6) is 0 Å². The fourth-order valence-electron chi connectivity index (χ4n) is 7.72. The van der Waals surface area contributed by atoms with Crippen molar-refractivity contribution in [3.05, 3.63) is 12.2 Å². The van der Waals surface area contributed by atoms with Crippen LogP contribution in [0.1, 0.15) is 38.5 Å². The minimum Gasteiger partial charge on any atom is -0.377 e. The molecule has 1 spiro atoms. The number of carbonyl (C=O) groups is 2. The summed E-state index contributed by atoms with van der Waals surface area (Å²) in [6, 6.07) is 0.412. The summed E-state index contributed by atoms with van der Waals surface area (Å²) >= 11 is 0. The highest BCUT2D eigenvalue weighted by Crippen LogP contribution is 2.60. The first-order valence-electron chi connectivity index (χ1n) is 11.8. The number of ether oxygens (including phenoxy) is 1. The highest BCUT2D eigenvalue weighted by atomic mass is 16.5. The van der Waals surface area contributed by atoms with E-state index in [-0.39, 0.29) is 40.9 Å². The summed E-state index contributed by atoms with van der Waals surface area (Å²) in [5.41, 5.74) is 0.267. The van der Waals surface area contributed by atoms with Crippen molar-refractivity contribution in [2.75, 3.05) is 26.7 Å². The molecule has 162 valence electrons. The molecular formula is C23H32N4O3. The number of nitrogens with zero attached hydrogens (tertiary/aromatic N) is 2. The molecule has 7 heteroatoms. The van der Waals surface area contributed by atoms with Crippen LogP contribution in [0, 0.1) is 35.0 Å². The molecule has 0 aromatic rings. The molecule has 4 aliphatic carbocycles. The summed E-state index contributed by atoms with van der Waals surface area (Å²) in [5.74, 6) is 1.73. The second-order valence-electron chi connectivity index (χ2n) is 10.1. The third-order valence-corrected chi connectivity index (χ3v) is 8.99. The van der Waals surface area contributed by atoms with Crippen molar-refractivity contribution >= 4 is 17.8 Å². The van der Waals surface area contributed by atoms with Gasteiger partial charge in [0.25, 0.3) is 0 Å². The number of nitrogens with one attached hydrogen (secondary N) is 2. The van der Waals surface area contributed by atoms with Crippen molar-refractivity contribution in [1.82, 2.24) is 15.5 Å². The number of allylic oxidation sites excluding steroid dienone is 2. The Kier molecular flexibility index (Phi) is 4.28. The number of fused-ring (bicyclic) bond motifs is 7.